The summed E-state index contributed by atoms with van der Waals surface area (Å²) < 4.78 is 0. The van der Waals surface area contributed by atoms with Crippen LogP contribution >= 0.6 is 0 Å². The van der Waals surface area contributed by atoms with Gasteiger partial charge in [-0.2, -0.15) is 0 Å². The van der Waals surface area contributed by atoms with E-state index >= 15 is 0 Å². The Hall–Kier alpha value is -4.67. The molecule has 5 aromatic carbocycles. The van der Waals surface area contributed by atoms with Gasteiger partial charge in [-0.25, -0.2) is 4.79 Å². The van der Waals surface area contributed by atoms with E-state index in [0.29, 0.717) is 6.42 Å². The lowest BCUT2D eigenvalue weighted by atomic mass is 9.78. The van der Waals surface area contributed by atoms with Gasteiger partial charge in [-0.05, 0) is 75.4 Å². The third-order valence-electron chi connectivity index (χ3n) is 8.15. The quantitative estimate of drug-likeness (QED) is 0.260. The highest BCUT2D eigenvalue weighted by Crippen LogP contribution is 2.45. The fraction of sp³-hybridized carbons (Fsp3) is 0.114. The van der Waals surface area contributed by atoms with Crippen molar-refractivity contribution in [1.82, 2.24) is 0 Å². The van der Waals surface area contributed by atoms with Gasteiger partial charge >= 0.3 is 6.03 Å². The van der Waals surface area contributed by atoms with Crippen LogP contribution in [-0.4, -0.2) is 17.2 Å². The molecule has 39 heavy (non-hydrogen) atoms. The molecule has 4 heteroatoms. The summed E-state index contributed by atoms with van der Waals surface area (Å²) in [5.74, 6) is 0. The third-order valence-corrected chi connectivity index (χ3v) is 8.15. The largest absolute Gasteiger partial charge is 0.388 e. The Bertz CT molecular complexity index is 1830. The van der Waals surface area contributed by atoms with E-state index in [1.807, 2.05) is 42.5 Å². The Kier molecular flexibility index (Phi) is 5.57. The number of aliphatic hydroxyl groups excluding tert-OH is 1. The second-order valence-corrected chi connectivity index (χ2v) is 10.3. The minimum Gasteiger partial charge on any atom is -0.388 e. The molecule has 0 bridgehead atoms. The zero-order valence-corrected chi connectivity index (χ0v) is 21.5. The predicted molar refractivity (Wildman–Crippen MR) is 160 cm³/mol. The molecule has 2 aliphatic rings. The molecule has 0 radical (unpaired) electrons. The summed E-state index contributed by atoms with van der Waals surface area (Å²) in [6, 6.07) is 32.2. The van der Waals surface area contributed by atoms with Crippen LogP contribution in [0.2, 0.25) is 0 Å². The number of nitrogens with two attached hydrogens (primary N) is 1. The highest BCUT2D eigenvalue weighted by Gasteiger charge is 2.27. The molecular weight excluding hydrogens is 480 g/mol. The number of rotatable bonds is 3. The van der Waals surface area contributed by atoms with Crippen molar-refractivity contribution in [2.45, 2.75) is 25.4 Å². The van der Waals surface area contributed by atoms with Crippen molar-refractivity contribution in [1.29, 1.82) is 0 Å². The molecule has 0 saturated heterocycles. The molecule has 0 heterocycles. The van der Waals surface area contributed by atoms with E-state index in [1.165, 1.54) is 16.5 Å². The zero-order chi connectivity index (χ0) is 26.5. The summed E-state index contributed by atoms with van der Waals surface area (Å²) in [7, 11) is 0. The van der Waals surface area contributed by atoms with Crippen LogP contribution in [0.5, 0.6) is 0 Å². The molecule has 2 aliphatic carbocycles. The van der Waals surface area contributed by atoms with Gasteiger partial charge < -0.3 is 10.8 Å². The number of aliphatic hydroxyl groups is 1. The van der Waals surface area contributed by atoms with Crippen LogP contribution in [0.4, 0.5) is 16.2 Å². The number of aryl methyl sites for hydroxylation is 1. The van der Waals surface area contributed by atoms with Crippen LogP contribution in [0.1, 0.15) is 24.0 Å². The van der Waals surface area contributed by atoms with Gasteiger partial charge in [-0.1, -0.05) is 97.1 Å². The van der Waals surface area contributed by atoms with Crippen molar-refractivity contribution in [3.8, 4) is 11.1 Å². The first-order valence-electron chi connectivity index (χ1n) is 13.4. The molecule has 0 saturated carbocycles. The average Bonchev–Trinajstić information content (AvgIpc) is 2.97. The third kappa shape index (κ3) is 3.76. The lowest BCUT2D eigenvalue weighted by Gasteiger charge is -2.29. The minimum atomic E-state index is -0.529. The van der Waals surface area contributed by atoms with Gasteiger partial charge in [0.05, 0.1) is 17.5 Å². The highest BCUT2D eigenvalue weighted by atomic mass is 16.3. The van der Waals surface area contributed by atoms with Crippen LogP contribution in [0.3, 0.4) is 0 Å². The number of primary amides is 1. The van der Waals surface area contributed by atoms with E-state index in [1.54, 1.807) is 4.90 Å². The van der Waals surface area contributed by atoms with Crippen LogP contribution in [0.15, 0.2) is 115 Å². The topological polar surface area (TPSA) is 66.6 Å². The van der Waals surface area contributed by atoms with E-state index in [2.05, 4.69) is 66.7 Å². The predicted octanol–water partition coefficient (Wildman–Crippen LogP) is 7.90. The number of allylic oxidation sites excluding steroid dienone is 2. The number of urea groups is 1. The van der Waals surface area contributed by atoms with Crippen molar-refractivity contribution in [2.24, 2.45) is 5.73 Å². The Morgan fingerprint density at radius 1 is 0.744 bits per heavy atom. The van der Waals surface area contributed by atoms with Gasteiger partial charge in [0.15, 0.2) is 0 Å². The molecule has 5 aromatic rings. The minimum absolute atomic E-state index is 0.391. The number of carbonyl (C=O) groups is 1. The highest BCUT2D eigenvalue weighted by molar-refractivity contribution is 6.15. The first-order chi connectivity index (χ1) is 19.1. The van der Waals surface area contributed by atoms with Gasteiger partial charge in [-0.15, -0.1) is 0 Å². The summed E-state index contributed by atoms with van der Waals surface area (Å²) in [5.41, 5.74) is 14.4. The SMILES string of the molecule is NC(=O)N(c1ccccc1)c1c(-c2cccc3c4c(ccc23)C2=C(CC4)C(O)CC=C2)ccc2ccccc12. The molecule has 1 atom stereocenters. The van der Waals surface area contributed by atoms with Crippen molar-refractivity contribution >= 4 is 44.5 Å². The van der Waals surface area contributed by atoms with Crippen molar-refractivity contribution in [2.75, 3.05) is 4.90 Å². The summed E-state index contributed by atoms with van der Waals surface area (Å²) >= 11 is 0. The second-order valence-electron chi connectivity index (χ2n) is 10.3. The van der Waals surface area contributed by atoms with E-state index in [4.69, 9.17) is 5.73 Å². The Morgan fingerprint density at radius 2 is 1.51 bits per heavy atom. The van der Waals surface area contributed by atoms with Gasteiger partial charge in [0, 0.05) is 10.9 Å². The number of hydrogen-bond donors (Lipinski definition) is 2. The second kappa shape index (κ2) is 9.26. The smallest absolute Gasteiger partial charge is 0.323 e. The number of amides is 2. The lowest BCUT2D eigenvalue weighted by molar-refractivity contribution is 0.209. The molecule has 0 aromatic heterocycles. The maximum Gasteiger partial charge on any atom is 0.323 e. The summed E-state index contributed by atoms with van der Waals surface area (Å²) in [6.45, 7) is 0. The van der Waals surface area contributed by atoms with E-state index in [9.17, 15) is 9.90 Å². The Morgan fingerprint density at radius 3 is 2.36 bits per heavy atom. The Balaban J connectivity index is 1.50. The molecule has 2 amide bonds. The van der Waals surface area contributed by atoms with E-state index in [0.717, 1.165) is 62.6 Å². The van der Waals surface area contributed by atoms with Crippen molar-refractivity contribution in [3.63, 3.8) is 0 Å². The van der Waals surface area contributed by atoms with Gasteiger partial charge in [-0.3, -0.25) is 4.90 Å². The summed E-state index contributed by atoms with van der Waals surface area (Å²) in [5, 5.41) is 14.9. The number of benzene rings is 5. The standard InChI is InChI=1S/C35H28N2O2/c36-35(39)37(23-9-2-1-3-10-23)34-24-11-5-4-8-22(24)16-17-32(34)27-13-6-12-25-28(27)18-19-30-26-14-7-15-33(38)31(26)21-20-29(25)30/h1-14,16-19,33,38H,15,20-21H2,(H2,36,39). The van der Waals surface area contributed by atoms with Crippen LogP contribution < -0.4 is 10.6 Å². The molecular formula is C35H28N2O2. The van der Waals surface area contributed by atoms with Gasteiger partial charge in [0.2, 0.25) is 0 Å². The molecule has 3 N–H and O–H groups in total. The van der Waals surface area contributed by atoms with E-state index < -0.39 is 12.1 Å². The first kappa shape index (κ1) is 23.4. The monoisotopic (exact) mass is 508 g/mol. The van der Waals surface area contributed by atoms with Gasteiger partial charge in [0.1, 0.15) is 0 Å². The van der Waals surface area contributed by atoms with Crippen molar-refractivity contribution < 1.29 is 9.90 Å². The molecule has 7 rings (SSSR count). The fourth-order valence-corrected chi connectivity index (χ4v) is 6.40. The summed E-state index contributed by atoms with van der Waals surface area (Å²) in [6.07, 6.45) is 6.29. The zero-order valence-electron chi connectivity index (χ0n) is 21.5. The number of nitrogens with zero attached hydrogens (tertiary/aromatic N) is 1. The normalized spacial score (nSPS) is 16.3. The molecule has 0 spiro atoms. The lowest BCUT2D eigenvalue weighted by Crippen LogP contribution is -2.32. The van der Waals surface area contributed by atoms with Crippen LogP contribution in [0.25, 0.3) is 38.2 Å². The van der Waals surface area contributed by atoms with Gasteiger partial charge in [0.25, 0.3) is 0 Å². The number of carbonyl (C=O) groups excluding carboxylic acids is 1. The van der Waals surface area contributed by atoms with E-state index in [-0.39, 0.29) is 0 Å². The molecule has 0 aliphatic heterocycles. The number of para-hydroxylation sites is 1. The van der Waals surface area contributed by atoms with Crippen LogP contribution in [-0.2, 0) is 6.42 Å². The van der Waals surface area contributed by atoms with Crippen molar-refractivity contribution in [3.05, 3.63) is 126 Å². The fourth-order valence-electron chi connectivity index (χ4n) is 6.40. The number of anilines is 2. The molecule has 4 nitrogen and oxygen atoms in total. The average molecular weight is 509 g/mol. The first-order valence-corrected chi connectivity index (χ1v) is 13.4. The molecule has 0 fully saturated rings. The maximum atomic E-state index is 13.1. The molecule has 1 unspecified atom stereocenters. The molecule has 190 valence electrons. The maximum absolute atomic E-state index is 13.1. The van der Waals surface area contributed by atoms with Crippen LogP contribution in [0, 0.1) is 0 Å². The number of hydrogen-bond acceptors (Lipinski definition) is 2. The summed E-state index contributed by atoms with van der Waals surface area (Å²) in [4.78, 5) is 14.7. The Labute approximate surface area is 227 Å². The number of fused-ring (bicyclic) bond motifs is 5.